The third-order valence-corrected chi connectivity index (χ3v) is 3.49. The molecule has 0 saturated heterocycles. The molecule has 1 saturated carbocycles. The molecule has 0 bridgehead atoms. The molecule has 0 amide bonds. The van der Waals surface area contributed by atoms with Gasteiger partial charge in [0.1, 0.15) is 0 Å². The van der Waals surface area contributed by atoms with Gasteiger partial charge in [-0.25, -0.2) is 4.98 Å². The molecule has 1 aliphatic rings. The smallest absolute Gasteiger partial charge is 0.0945 e. The van der Waals surface area contributed by atoms with Crippen LogP contribution in [0.3, 0.4) is 0 Å². The summed E-state index contributed by atoms with van der Waals surface area (Å²) in [7, 11) is 2.02. The molecule has 3 nitrogen and oxygen atoms in total. The summed E-state index contributed by atoms with van der Waals surface area (Å²) < 4.78 is 2.06. The van der Waals surface area contributed by atoms with Gasteiger partial charge in [-0.1, -0.05) is 13.8 Å². The van der Waals surface area contributed by atoms with E-state index in [1.165, 1.54) is 5.69 Å². The molecule has 1 heterocycles. The van der Waals surface area contributed by atoms with Crippen LogP contribution in [0, 0.1) is 0 Å². The Bertz CT molecular complexity index is 321. The fourth-order valence-corrected chi connectivity index (χ4v) is 1.97. The maximum atomic E-state index is 6.24. The maximum absolute atomic E-state index is 6.24. The van der Waals surface area contributed by atoms with Crippen LogP contribution in [0.4, 0.5) is 0 Å². The zero-order chi connectivity index (χ0) is 9.69. The van der Waals surface area contributed by atoms with Gasteiger partial charge in [-0.3, -0.25) is 0 Å². The number of imidazole rings is 1. The third-order valence-electron chi connectivity index (χ3n) is 3.49. The van der Waals surface area contributed by atoms with Gasteiger partial charge in [0, 0.05) is 29.9 Å². The lowest BCUT2D eigenvalue weighted by Crippen LogP contribution is -2.44. The summed E-state index contributed by atoms with van der Waals surface area (Å²) >= 11 is 0. The average molecular weight is 179 g/mol. The summed E-state index contributed by atoms with van der Waals surface area (Å²) in [6, 6.07) is 0. The Hall–Kier alpha value is -0.830. The van der Waals surface area contributed by atoms with Crippen LogP contribution in [0.5, 0.6) is 0 Å². The summed E-state index contributed by atoms with van der Waals surface area (Å²) in [5.41, 5.74) is 7.51. The van der Waals surface area contributed by atoms with Gasteiger partial charge in [0.15, 0.2) is 0 Å². The van der Waals surface area contributed by atoms with Crippen molar-refractivity contribution in [2.45, 2.75) is 37.6 Å². The Morgan fingerprint density at radius 2 is 2.15 bits per heavy atom. The molecule has 72 valence electrons. The minimum Gasteiger partial charge on any atom is -0.337 e. The standard InChI is InChI=1S/C10H17N3/c1-9(2,10(11)4-5-10)8-6-12-7-13(8)3/h6-7H,4-5,11H2,1-3H3. The number of nitrogens with zero attached hydrogens (tertiary/aromatic N) is 2. The fourth-order valence-electron chi connectivity index (χ4n) is 1.97. The minimum absolute atomic E-state index is 0.000787. The van der Waals surface area contributed by atoms with Crippen LogP contribution in [0.25, 0.3) is 0 Å². The second kappa shape index (κ2) is 2.35. The molecule has 0 aliphatic heterocycles. The molecule has 2 N–H and O–H groups in total. The van der Waals surface area contributed by atoms with Gasteiger partial charge < -0.3 is 10.3 Å². The van der Waals surface area contributed by atoms with E-state index in [4.69, 9.17) is 5.73 Å². The molecule has 0 unspecified atom stereocenters. The molecule has 1 aliphatic carbocycles. The molecule has 1 aromatic rings. The lowest BCUT2D eigenvalue weighted by Gasteiger charge is -2.32. The van der Waals surface area contributed by atoms with Crippen LogP contribution in [0.2, 0.25) is 0 Å². The number of hydrogen-bond acceptors (Lipinski definition) is 2. The van der Waals surface area contributed by atoms with Crippen LogP contribution in [-0.4, -0.2) is 15.1 Å². The zero-order valence-corrected chi connectivity index (χ0v) is 8.54. The molecule has 3 heteroatoms. The Morgan fingerprint density at radius 3 is 2.54 bits per heavy atom. The van der Waals surface area contributed by atoms with Crippen molar-refractivity contribution in [2.24, 2.45) is 12.8 Å². The maximum Gasteiger partial charge on any atom is 0.0945 e. The van der Waals surface area contributed by atoms with Crippen molar-refractivity contribution in [3.63, 3.8) is 0 Å². The first-order valence-electron chi connectivity index (χ1n) is 4.73. The second-order valence-electron chi connectivity index (χ2n) is 4.67. The highest BCUT2D eigenvalue weighted by molar-refractivity contribution is 5.26. The number of nitrogens with two attached hydrogens (primary N) is 1. The summed E-state index contributed by atoms with van der Waals surface area (Å²) in [5, 5.41) is 0. The van der Waals surface area contributed by atoms with Crippen molar-refractivity contribution in [1.29, 1.82) is 0 Å². The molecule has 0 atom stereocenters. The Balaban J connectivity index is 2.40. The number of aryl methyl sites for hydroxylation is 1. The highest BCUT2D eigenvalue weighted by Crippen LogP contribution is 2.48. The van der Waals surface area contributed by atoms with E-state index in [0.29, 0.717) is 0 Å². The fraction of sp³-hybridized carbons (Fsp3) is 0.700. The minimum atomic E-state index is 0.000787. The van der Waals surface area contributed by atoms with E-state index in [9.17, 15) is 0 Å². The summed E-state index contributed by atoms with van der Waals surface area (Å²) in [6.45, 7) is 4.41. The lowest BCUT2D eigenvalue weighted by molar-refractivity contribution is 0.371. The lowest BCUT2D eigenvalue weighted by atomic mass is 9.79. The van der Waals surface area contributed by atoms with Gasteiger partial charge in [-0.05, 0) is 12.8 Å². The largest absolute Gasteiger partial charge is 0.337 e. The van der Waals surface area contributed by atoms with E-state index in [1.54, 1.807) is 0 Å². The summed E-state index contributed by atoms with van der Waals surface area (Å²) in [4.78, 5) is 4.14. The van der Waals surface area contributed by atoms with Crippen molar-refractivity contribution in [2.75, 3.05) is 0 Å². The van der Waals surface area contributed by atoms with Gasteiger partial charge in [-0.2, -0.15) is 0 Å². The van der Waals surface area contributed by atoms with Crippen LogP contribution in [0.15, 0.2) is 12.5 Å². The SMILES string of the molecule is Cn1cncc1C(C)(C)C1(N)CC1. The van der Waals surface area contributed by atoms with Crippen molar-refractivity contribution in [3.05, 3.63) is 18.2 Å². The average Bonchev–Trinajstić information content (AvgIpc) is 2.63. The van der Waals surface area contributed by atoms with E-state index >= 15 is 0 Å². The second-order valence-corrected chi connectivity index (χ2v) is 4.67. The molecule has 0 spiro atoms. The molecule has 0 radical (unpaired) electrons. The van der Waals surface area contributed by atoms with Crippen molar-refractivity contribution >= 4 is 0 Å². The monoisotopic (exact) mass is 179 g/mol. The van der Waals surface area contributed by atoms with Gasteiger partial charge in [0.25, 0.3) is 0 Å². The van der Waals surface area contributed by atoms with E-state index in [2.05, 4.69) is 23.4 Å². The van der Waals surface area contributed by atoms with E-state index < -0.39 is 0 Å². The normalized spacial score (nSPS) is 20.3. The highest BCUT2D eigenvalue weighted by atomic mass is 15.0. The molecule has 2 rings (SSSR count). The van der Waals surface area contributed by atoms with Gasteiger partial charge in [0.2, 0.25) is 0 Å². The number of aromatic nitrogens is 2. The number of hydrogen-bond donors (Lipinski definition) is 1. The van der Waals surface area contributed by atoms with Crippen molar-refractivity contribution in [1.82, 2.24) is 9.55 Å². The predicted molar refractivity (Wildman–Crippen MR) is 52.4 cm³/mol. The molecule has 0 aromatic carbocycles. The molecular formula is C10H17N3. The highest BCUT2D eigenvalue weighted by Gasteiger charge is 2.52. The van der Waals surface area contributed by atoms with Gasteiger partial charge >= 0.3 is 0 Å². The topological polar surface area (TPSA) is 43.8 Å². The Kier molecular flexibility index (Phi) is 1.58. The first-order chi connectivity index (χ1) is 5.97. The van der Waals surface area contributed by atoms with Gasteiger partial charge in [0.05, 0.1) is 6.33 Å². The van der Waals surface area contributed by atoms with Gasteiger partial charge in [-0.15, -0.1) is 0 Å². The number of rotatable bonds is 2. The Morgan fingerprint density at radius 1 is 1.54 bits per heavy atom. The van der Waals surface area contributed by atoms with Crippen LogP contribution >= 0.6 is 0 Å². The third kappa shape index (κ3) is 1.10. The quantitative estimate of drug-likeness (QED) is 0.741. The summed E-state index contributed by atoms with van der Waals surface area (Å²) in [5.74, 6) is 0. The first kappa shape index (κ1) is 8.75. The molecule has 13 heavy (non-hydrogen) atoms. The Labute approximate surface area is 79.0 Å². The molecular weight excluding hydrogens is 162 g/mol. The van der Waals surface area contributed by atoms with Crippen molar-refractivity contribution < 1.29 is 0 Å². The van der Waals surface area contributed by atoms with E-state index in [1.807, 2.05) is 19.6 Å². The van der Waals surface area contributed by atoms with Crippen LogP contribution < -0.4 is 5.73 Å². The van der Waals surface area contributed by atoms with Crippen molar-refractivity contribution in [3.8, 4) is 0 Å². The van der Waals surface area contributed by atoms with Crippen LogP contribution in [0.1, 0.15) is 32.4 Å². The summed E-state index contributed by atoms with van der Waals surface area (Å²) in [6.07, 6.45) is 6.02. The first-order valence-corrected chi connectivity index (χ1v) is 4.73. The van der Waals surface area contributed by atoms with Crippen LogP contribution in [-0.2, 0) is 12.5 Å². The van der Waals surface area contributed by atoms with E-state index in [0.717, 1.165) is 12.8 Å². The van der Waals surface area contributed by atoms with E-state index in [-0.39, 0.29) is 11.0 Å². The molecule has 1 fully saturated rings. The predicted octanol–water partition coefficient (Wildman–Crippen LogP) is 1.19. The molecule has 1 aromatic heterocycles. The zero-order valence-electron chi connectivity index (χ0n) is 8.54.